The van der Waals surface area contributed by atoms with Crippen LogP contribution in [0.5, 0.6) is 0 Å². The highest BCUT2D eigenvalue weighted by atomic mass is 15.5. The number of H-pyrrole nitrogens is 1. The molecule has 0 spiro atoms. The van der Waals surface area contributed by atoms with E-state index in [0.717, 1.165) is 41.2 Å². The first-order valence-corrected chi connectivity index (χ1v) is 11.0. The molecular weight excluding hydrogens is 398 g/mol. The third-order valence-electron chi connectivity index (χ3n) is 5.34. The fraction of sp³-hybridized carbons (Fsp3) is 0.320. The van der Waals surface area contributed by atoms with Crippen LogP contribution in [0, 0.1) is 11.8 Å². The summed E-state index contributed by atoms with van der Waals surface area (Å²) >= 11 is 0. The van der Waals surface area contributed by atoms with Gasteiger partial charge in [0, 0.05) is 12.0 Å². The van der Waals surface area contributed by atoms with Gasteiger partial charge in [-0.1, -0.05) is 74.2 Å². The molecule has 0 aliphatic rings. The van der Waals surface area contributed by atoms with Crippen molar-refractivity contribution >= 4 is 0 Å². The molecule has 4 aromatic rings. The van der Waals surface area contributed by atoms with Crippen molar-refractivity contribution in [1.29, 1.82) is 0 Å². The van der Waals surface area contributed by atoms with Crippen LogP contribution in [0.4, 0.5) is 0 Å². The molecular formula is C25H27N7. The number of rotatable bonds is 9. The number of benzene rings is 2. The largest absolute Gasteiger partial charge is 0.244 e. The molecule has 7 heteroatoms. The maximum atomic E-state index is 4.77. The average molecular weight is 426 g/mol. The van der Waals surface area contributed by atoms with Crippen LogP contribution in [-0.4, -0.2) is 35.4 Å². The monoisotopic (exact) mass is 425 g/mol. The highest BCUT2D eigenvalue weighted by molar-refractivity contribution is 5.80. The van der Waals surface area contributed by atoms with E-state index < -0.39 is 0 Å². The Morgan fingerprint density at radius 3 is 2.53 bits per heavy atom. The number of nitrogens with one attached hydrogen (secondary N) is 1. The topological polar surface area (TPSA) is 85.2 Å². The van der Waals surface area contributed by atoms with Crippen molar-refractivity contribution < 1.29 is 0 Å². The zero-order chi connectivity index (χ0) is 22.2. The van der Waals surface area contributed by atoms with Crippen molar-refractivity contribution in [2.75, 3.05) is 0 Å². The molecule has 2 aromatic heterocycles. The summed E-state index contributed by atoms with van der Waals surface area (Å²) in [6.07, 6.45) is 5.05. The van der Waals surface area contributed by atoms with Crippen molar-refractivity contribution in [1.82, 2.24) is 35.4 Å². The summed E-state index contributed by atoms with van der Waals surface area (Å²) in [5, 5.41) is 19.1. The fourth-order valence-electron chi connectivity index (χ4n) is 3.67. The third-order valence-corrected chi connectivity index (χ3v) is 5.34. The molecule has 0 atom stereocenters. The van der Waals surface area contributed by atoms with Crippen molar-refractivity contribution in [2.45, 2.75) is 52.5 Å². The lowest BCUT2D eigenvalue weighted by molar-refractivity contribution is 0.633. The highest BCUT2D eigenvalue weighted by Gasteiger charge is 2.12. The van der Waals surface area contributed by atoms with Gasteiger partial charge in [-0.05, 0) is 40.5 Å². The molecule has 32 heavy (non-hydrogen) atoms. The first-order chi connectivity index (χ1) is 15.8. The van der Waals surface area contributed by atoms with Crippen LogP contribution in [0.2, 0.25) is 0 Å². The van der Waals surface area contributed by atoms with E-state index in [1.807, 2.05) is 29.8 Å². The second kappa shape index (κ2) is 10.5. The summed E-state index contributed by atoms with van der Waals surface area (Å²) in [5.41, 5.74) is 4.33. The van der Waals surface area contributed by atoms with Gasteiger partial charge >= 0.3 is 0 Å². The molecule has 4 rings (SSSR count). The van der Waals surface area contributed by atoms with E-state index in [9.17, 15) is 0 Å². The van der Waals surface area contributed by atoms with Gasteiger partial charge in [-0.25, -0.2) is 14.8 Å². The van der Waals surface area contributed by atoms with E-state index in [1.165, 1.54) is 18.4 Å². The zero-order valence-corrected chi connectivity index (χ0v) is 18.5. The van der Waals surface area contributed by atoms with Crippen LogP contribution in [0.3, 0.4) is 0 Å². The average Bonchev–Trinajstić information content (AvgIpc) is 3.49. The lowest BCUT2D eigenvalue weighted by atomic mass is 9.98. The molecule has 0 unspecified atom stereocenters. The van der Waals surface area contributed by atoms with Gasteiger partial charge in [0.15, 0.2) is 11.6 Å². The molecule has 0 aliphatic carbocycles. The van der Waals surface area contributed by atoms with Crippen molar-refractivity contribution in [2.24, 2.45) is 0 Å². The minimum atomic E-state index is 0.619. The van der Waals surface area contributed by atoms with Gasteiger partial charge in [-0.3, -0.25) is 0 Å². The Labute approximate surface area is 188 Å². The number of unbranched alkanes of at least 4 members (excludes halogenated alkanes) is 2. The number of aromatic amines is 1. The zero-order valence-electron chi connectivity index (χ0n) is 18.5. The number of hydrogen-bond donors (Lipinski definition) is 1. The molecule has 0 amide bonds. The number of hydrogen-bond acceptors (Lipinski definition) is 5. The fourth-order valence-corrected chi connectivity index (χ4v) is 3.67. The molecule has 0 aliphatic heterocycles. The van der Waals surface area contributed by atoms with Crippen LogP contribution in [0.15, 0.2) is 48.5 Å². The molecule has 7 nitrogen and oxygen atoms in total. The van der Waals surface area contributed by atoms with E-state index >= 15 is 0 Å². The molecule has 0 radical (unpaired) electrons. The summed E-state index contributed by atoms with van der Waals surface area (Å²) in [4.78, 5) is 4.75. The Kier molecular flexibility index (Phi) is 7.03. The quantitative estimate of drug-likeness (QED) is 0.316. The number of tetrazole rings is 1. The lowest BCUT2D eigenvalue weighted by Crippen LogP contribution is -2.07. The second-order valence-corrected chi connectivity index (χ2v) is 7.65. The second-order valence-electron chi connectivity index (χ2n) is 7.65. The molecule has 162 valence electrons. The Morgan fingerprint density at radius 1 is 1.00 bits per heavy atom. The number of aryl methyl sites for hydroxylation is 1. The van der Waals surface area contributed by atoms with Gasteiger partial charge < -0.3 is 0 Å². The van der Waals surface area contributed by atoms with E-state index in [4.69, 9.17) is 10.1 Å². The first-order valence-electron chi connectivity index (χ1n) is 11.0. The van der Waals surface area contributed by atoms with Gasteiger partial charge in [0.05, 0.1) is 13.0 Å². The summed E-state index contributed by atoms with van der Waals surface area (Å²) in [7, 11) is 0. The number of aromatic nitrogens is 7. The standard InChI is InChI=1S/C25H27N7/c1-3-5-7-12-23-26-24(13-6-4-2)32(29-23)18-19-14-16-20(17-15-19)21-10-8-9-11-22(21)25-27-30-31-28-25/h8-11,14-17H,3,5,7,12-13,18H2,1-2H3,(H,27,28,30,31). The summed E-state index contributed by atoms with van der Waals surface area (Å²) < 4.78 is 1.99. The number of nitrogens with zero attached hydrogens (tertiary/aromatic N) is 6. The predicted molar refractivity (Wildman–Crippen MR) is 125 cm³/mol. The summed E-state index contributed by atoms with van der Waals surface area (Å²) in [6.45, 7) is 4.74. The maximum absolute atomic E-state index is 4.77. The summed E-state index contributed by atoms with van der Waals surface area (Å²) in [5.74, 6) is 8.59. The Balaban J connectivity index is 1.55. The SMILES string of the molecule is CC#CCc1nc(CCCCC)nn1Cc1ccc(-c2ccccc2-c2nnn[nH]2)cc1. The van der Waals surface area contributed by atoms with Crippen LogP contribution in [-0.2, 0) is 19.4 Å². The molecule has 0 bridgehead atoms. The predicted octanol–water partition coefficient (Wildman–Crippen LogP) is 4.47. The summed E-state index contributed by atoms with van der Waals surface area (Å²) in [6, 6.07) is 16.6. The highest BCUT2D eigenvalue weighted by Crippen LogP contribution is 2.29. The van der Waals surface area contributed by atoms with Gasteiger partial charge in [0.2, 0.25) is 0 Å². The Hall–Kier alpha value is -3.79. The van der Waals surface area contributed by atoms with E-state index in [2.05, 4.69) is 69.7 Å². The molecule has 0 saturated heterocycles. The minimum absolute atomic E-state index is 0.619. The normalized spacial score (nSPS) is 10.7. The van der Waals surface area contributed by atoms with Gasteiger partial charge in [-0.15, -0.1) is 11.0 Å². The van der Waals surface area contributed by atoms with E-state index in [0.29, 0.717) is 18.8 Å². The molecule has 0 fully saturated rings. The molecule has 1 N–H and O–H groups in total. The van der Waals surface area contributed by atoms with Crippen molar-refractivity contribution in [3.05, 3.63) is 65.7 Å². The lowest BCUT2D eigenvalue weighted by Gasteiger charge is -2.09. The van der Waals surface area contributed by atoms with Crippen LogP contribution < -0.4 is 0 Å². The first kappa shape index (κ1) is 21.4. The van der Waals surface area contributed by atoms with Gasteiger partial charge in [0.1, 0.15) is 5.82 Å². The Morgan fingerprint density at radius 2 is 1.81 bits per heavy atom. The molecule has 0 saturated carbocycles. The van der Waals surface area contributed by atoms with Crippen LogP contribution in [0.25, 0.3) is 22.5 Å². The Bertz CT molecular complexity index is 1200. The minimum Gasteiger partial charge on any atom is -0.244 e. The van der Waals surface area contributed by atoms with Crippen molar-refractivity contribution in [3.63, 3.8) is 0 Å². The third kappa shape index (κ3) is 5.09. The van der Waals surface area contributed by atoms with Crippen LogP contribution in [0.1, 0.15) is 50.3 Å². The van der Waals surface area contributed by atoms with E-state index in [1.54, 1.807) is 0 Å². The van der Waals surface area contributed by atoms with Crippen molar-refractivity contribution in [3.8, 4) is 34.4 Å². The van der Waals surface area contributed by atoms with Crippen LogP contribution >= 0.6 is 0 Å². The molecule has 2 aromatic carbocycles. The van der Waals surface area contributed by atoms with E-state index in [-0.39, 0.29) is 0 Å². The van der Waals surface area contributed by atoms with Gasteiger partial charge in [0.25, 0.3) is 0 Å². The smallest absolute Gasteiger partial charge is 0.180 e. The maximum Gasteiger partial charge on any atom is 0.180 e. The van der Waals surface area contributed by atoms with Gasteiger partial charge in [-0.2, -0.15) is 5.10 Å². The molecule has 2 heterocycles.